The van der Waals surface area contributed by atoms with Crippen molar-refractivity contribution in [1.29, 1.82) is 0 Å². The molecule has 59 heavy (non-hydrogen) atoms. The second kappa shape index (κ2) is 13.4. The van der Waals surface area contributed by atoms with Gasteiger partial charge < -0.3 is 5.11 Å². The van der Waals surface area contributed by atoms with Crippen LogP contribution < -0.4 is 0 Å². The summed E-state index contributed by atoms with van der Waals surface area (Å²) in [5.41, 5.74) is 11.6. The summed E-state index contributed by atoms with van der Waals surface area (Å²) >= 11 is 0. The van der Waals surface area contributed by atoms with E-state index in [1.807, 2.05) is 6.20 Å². The SMILES string of the molecule is Cc1ccc(-n2c(-c3cc(C(C)(C)C)cc(C(C)(C)C)c3O)nc3c(-c4cc5c(ccc6c7ccccc7cnc65)c5ccccc45)cccc32)c(-c2ccccc2)c1. The standard InChI is InChI=1S/C55H47N3O/c1-33-24-27-48(43(28-33)34-16-9-8-10-17-34)58-49-23-15-22-41(51(49)57-53(58)46-29-36(54(2,3)4)30-47(52(46)59)55(5,6)7)44-31-45-40(38-20-13-14-21-39(38)44)25-26-42-37-19-12-11-18-35(37)32-56-50(42)45/h8-32,59H,1-7H3. The third-order valence-electron chi connectivity index (χ3n) is 12.1. The molecule has 0 unspecified atom stereocenters. The predicted octanol–water partition coefficient (Wildman–Crippen LogP) is 14.6. The van der Waals surface area contributed by atoms with E-state index in [1.165, 1.54) is 21.7 Å². The number of para-hydroxylation sites is 1. The number of phenols is 1. The zero-order chi connectivity index (χ0) is 40.8. The molecular formula is C55H47N3O. The molecule has 10 rings (SSSR count). The first-order chi connectivity index (χ1) is 28.4. The lowest BCUT2D eigenvalue weighted by Crippen LogP contribution is -2.17. The summed E-state index contributed by atoms with van der Waals surface area (Å²) in [5.74, 6) is 0.962. The van der Waals surface area contributed by atoms with Crippen molar-refractivity contribution in [2.75, 3.05) is 0 Å². The van der Waals surface area contributed by atoms with Gasteiger partial charge in [-0.15, -0.1) is 0 Å². The Kier molecular flexibility index (Phi) is 8.30. The van der Waals surface area contributed by atoms with E-state index in [0.29, 0.717) is 5.82 Å². The summed E-state index contributed by atoms with van der Waals surface area (Å²) in [4.78, 5) is 10.8. The van der Waals surface area contributed by atoms with Gasteiger partial charge in [0, 0.05) is 39.0 Å². The van der Waals surface area contributed by atoms with Gasteiger partial charge in [-0.3, -0.25) is 9.55 Å². The molecule has 2 heterocycles. The molecule has 0 aliphatic carbocycles. The Hall–Kier alpha value is -6.78. The molecule has 0 bridgehead atoms. The maximum Gasteiger partial charge on any atom is 0.149 e. The number of fused-ring (bicyclic) bond motifs is 8. The lowest BCUT2D eigenvalue weighted by Gasteiger charge is -2.27. The van der Waals surface area contributed by atoms with Gasteiger partial charge in [0.1, 0.15) is 11.6 Å². The molecule has 0 aliphatic rings. The highest BCUT2D eigenvalue weighted by Crippen LogP contribution is 2.47. The van der Waals surface area contributed by atoms with E-state index in [-0.39, 0.29) is 16.6 Å². The molecule has 1 N–H and O–H groups in total. The van der Waals surface area contributed by atoms with Crippen molar-refractivity contribution in [2.45, 2.75) is 59.3 Å². The lowest BCUT2D eigenvalue weighted by molar-refractivity contribution is 0.446. The van der Waals surface area contributed by atoms with Crippen LogP contribution in [0.5, 0.6) is 5.75 Å². The summed E-state index contributed by atoms with van der Waals surface area (Å²) in [6.45, 7) is 15.3. The largest absolute Gasteiger partial charge is 0.507 e. The van der Waals surface area contributed by atoms with Crippen LogP contribution in [0.25, 0.3) is 93.6 Å². The zero-order valence-corrected chi connectivity index (χ0v) is 34.7. The number of aromatic hydroxyl groups is 1. The van der Waals surface area contributed by atoms with E-state index in [2.05, 4.69) is 199 Å². The number of phenolic OH excluding ortho intramolecular Hbond substituents is 1. The molecule has 0 spiro atoms. The van der Waals surface area contributed by atoms with Gasteiger partial charge in [0.25, 0.3) is 0 Å². The van der Waals surface area contributed by atoms with E-state index in [0.717, 1.165) is 82.7 Å². The first kappa shape index (κ1) is 36.6. The van der Waals surface area contributed by atoms with Crippen LogP contribution in [-0.2, 0) is 10.8 Å². The Morgan fingerprint density at radius 3 is 1.97 bits per heavy atom. The Morgan fingerprint density at radius 1 is 0.508 bits per heavy atom. The van der Waals surface area contributed by atoms with E-state index in [1.54, 1.807) is 0 Å². The zero-order valence-electron chi connectivity index (χ0n) is 34.7. The fraction of sp³-hybridized carbons (Fsp3) is 0.164. The molecule has 0 saturated heterocycles. The Bertz CT molecular complexity index is 3310. The molecule has 0 aliphatic heterocycles. The Balaban J connectivity index is 1.35. The number of imidazole rings is 1. The predicted molar refractivity (Wildman–Crippen MR) is 249 cm³/mol. The molecule has 0 fully saturated rings. The highest BCUT2D eigenvalue weighted by molar-refractivity contribution is 6.24. The van der Waals surface area contributed by atoms with E-state index in [4.69, 9.17) is 9.97 Å². The quantitative estimate of drug-likeness (QED) is 0.182. The van der Waals surface area contributed by atoms with Gasteiger partial charge in [-0.25, -0.2) is 4.98 Å². The minimum atomic E-state index is -0.312. The van der Waals surface area contributed by atoms with E-state index < -0.39 is 0 Å². The van der Waals surface area contributed by atoms with E-state index in [9.17, 15) is 5.11 Å². The van der Waals surface area contributed by atoms with Crippen LogP contribution in [0.2, 0.25) is 0 Å². The molecule has 0 saturated carbocycles. The van der Waals surface area contributed by atoms with Gasteiger partial charge >= 0.3 is 0 Å². The number of pyridine rings is 1. The van der Waals surface area contributed by atoms with Crippen LogP contribution in [0.4, 0.5) is 0 Å². The monoisotopic (exact) mass is 765 g/mol. The van der Waals surface area contributed by atoms with Crippen LogP contribution in [-0.4, -0.2) is 19.6 Å². The number of benzene rings is 8. The second-order valence-corrected chi connectivity index (χ2v) is 18.1. The van der Waals surface area contributed by atoms with Crippen LogP contribution in [0.15, 0.2) is 152 Å². The third-order valence-corrected chi connectivity index (χ3v) is 12.1. The molecule has 0 radical (unpaired) electrons. The molecule has 0 atom stereocenters. The molecule has 4 nitrogen and oxygen atoms in total. The highest BCUT2D eigenvalue weighted by Gasteiger charge is 2.29. The molecule has 0 amide bonds. The van der Waals surface area contributed by atoms with Crippen LogP contribution >= 0.6 is 0 Å². The summed E-state index contributed by atoms with van der Waals surface area (Å²) in [5, 5.41) is 20.5. The van der Waals surface area contributed by atoms with Crippen LogP contribution in [0, 0.1) is 6.92 Å². The average molecular weight is 766 g/mol. The third kappa shape index (κ3) is 5.97. The van der Waals surface area contributed by atoms with Crippen molar-refractivity contribution >= 4 is 54.3 Å². The van der Waals surface area contributed by atoms with Crippen molar-refractivity contribution in [3.05, 3.63) is 168 Å². The second-order valence-electron chi connectivity index (χ2n) is 18.1. The fourth-order valence-electron chi connectivity index (χ4n) is 8.98. The number of aryl methyl sites for hydroxylation is 1. The molecule has 8 aromatic carbocycles. The maximum absolute atomic E-state index is 12.5. The molecule has 4 heteroatoms. The van der Waals surface area contributed by atoms with E-state index >= 15 is 0 Å². The highest BCUT2D eigenvalue weighted by atomic mass is 16.3. The van der Waals surface area contributed by atoms with Gasteiger partial charge in [0.2, 0.25) is 0 Å². The van der Waals surface area contributed by atoms with Crippen molar-refractivity contribution < 1.29 is 5.11 Å². The Labute approximate surface area is 345 Å². The van der Waals surface area contributed by atoms with Crippen molar-refractivity contribution in [2.24, 2.45) is 0 Å². The number of nitrogens with zero attached hydrogens (tertiary/aromatic N) is 3. The number of aromatic nitrogens is 3. The summed E-state index contributed by atoms with van der Waals surface area (Å²) in [6.07, 6.45) is 2.00. The molecular weight excluding hydrogens is 719 g/mol. The maximum atomic E-state index is 12.5. The van der Waals surface area contributed by atoms with Gasteiger partial charge in [-0.1, -0.05) is 162 Å². The van der Waals surface area contributed by atoms with Gasteiger partial charge in [0.15, 0.2) is 0 Å². The van der Waals surface area contributed by atoms with Crippen molar-refractivity contribution in [3.63, 3.8) is 0 Å². The first-order valence-electron chi connectivity index (χ1n) is 20.6. The summed E-state index contributed by atoms with van der Waals surface area (Å²) in [7, 11) is 0. The van der Waals surface area contributed by atoms with Gasteiger partial charge in [-0.2, -0.15) is 0 Å². The fourth-order valence-corrected chi connectivity index (χ4v) is 8.98. The summed E-state index contributed by atoms with van der Waals surface area (Å²) < 4.78 is 2.28. The topological polar surface area (TPSA) is 50.9 Å². The van der Waals surface area contributed by atoms with Crippen LogP contribution in [0.3, 0.4) is 0 Å². The van der Waals surface area contributed by atoms with Crippen LogP contribution in [0.1, 0.15) is 58.2 Å². The lowest BCUT2D eigenvalue weighted by atomic mass is 9.79. The number of hydrogen-bond acceptors (Lipinski definition) is 3. The first-order valence-corrected chi connectivity index (χ1v) is 20.6. The molecule has 288 valence electrons. The molecule has 10 aromatic rings. The normalized spacial score (nSPS) is 12.4. The van der Waals surface area contributed by atoms with Crippen molar-refractivity contribution in [1.82, 2.24) is 14.5 Å². The minimum absolute atomic E-state index is 0.171. The number of hydrogen-bond donors (Lipinski definition) is 1. The Morgan fingerprint density at radius 2 is 1.20 bits per heavy atom. The molecule has 2 aromatic heterocycles. The van der Waals surface area contributed by atoms with Gasteiger partial charge in [-0.05, 0) is 86.3 Å². The number of rotatable bonds is 4. The summed E-state index contributed by atoms with van der Waals surface area (Å²) in [6, 6.07) is 52.1. The smallest absolute Gasteiger partial charge is 0.149 e. The average Bonchev–Trinajstić information content (AvgIpc) is 3.62. The van der Waals surface area contributed by atoms with Crippen molar-refractivity contribution in [3.8, 4) is 45.1 Å². The van der Waals surface area contributed by atoms with Gasteiger partial charge in [0.05, 0.1) is 27.8 Å². The minimum Gasteiger partial charge on any atom is -0.507 e.